The van der Waals surface area contributed by atoms with E-state index in [1.54, 1.807) is 6.07 Å². The van der Waals surface area contributed by atoms with Gasteiger partial charge in [0.15, 0.2) is 0 Å². The fourth-order valence-electron chi connectivity index (χ4n) is 2.48. The van der Waals surface area contributed by atoms with E-state index in [-0.39, 0.29) is 0 Å². The number of imidazole rings is 1. The number of carboxylic acid groups (broad SMARTS) is 1. The predicted molar refractivity (Wildman–Crippen MR) is 71.4 cm³/mol. The summed E-state index contributed by atoms with van der Waals surface area (Å²) in [5.74, 6) is 0.171. The average molecular weight is 257 g/mol. The number of carbonyl (C=O) groups is 1. The van der Waals surface area contributed by atoms with Crippen LogP contribution in [-0.4, -0.2) is 27.2 Å². The first kappa shape index (κ1) is 11.8. The Morgan fingerprint density at radius 2 is 2.21 bits per heavy atom. The molecule has 3 rings (SSSR count). The van der Waals surface area contributed by atoms with Gasteiger partial charge in [0.1, 0.15) is 5.82 Å². The van der Waals surface area contributed by atoms with Gasteiger partial charge in [0, 0.05) is 31.2 Å². The maximum absolute atomic E-state index is 11.0. The SMILES string of the molecule is Cc1cc(N2CCn3ccnc3C2)ccc1C(=O)O. The van der Waals surface area contributed by atoms with Crippen molar-refractivity contribution in [3.05, 3.63) is 47.5 Å². The smallest absolute Gasteiger partial charge is 0.335 e. The number of hydrogen-bond acceptors (Lipinski definition) is 3. The Morgan fingerprint density at radius 1 is 1.37 bits per heavy atom. The zero-order valence-electron chi connectivity index (χ0n) is 10.7. The predicted octanol–water partition coefficient (Wildman–Crippen LogP) is 1.91. The number of hydrogen-bond donors (Lipinski definition) is 1. The molecule has 5 nitrogen and oxygen atoms in total. The number of nitrogens with zero attached hydrogens (tertiary/aromatic N) is 3. The van der Waals surface area contributed by atoms with Crippen molar-refractivity contribution in [3.63, 3.8) is 0 Å². The maximum Gasteiger partial charge on any atom is 0.335 e. The second-order valence-corrected chi connectivity index (χ2v) is 4.76. The number of fused-ring (bicyclic) bond motifs is 1. The zero-order chi connectivity index (χ0) is 13.4. The van der Waals surface area contributed by atoms with Crippen molar-refractivity contribution in [2.75, 3.05) is 11.4 Å². The Labute approximate surface area is 111 Å². The van der Waals surface area contributed by atoms with E-state index in [0.717, 1.165) is 36.7 Å². The summed E-state index contributed by atoms with van der Waals surface area (Å²) in [5.41, 5.74) is 2.21. The third-order valence-electron chi connectivity index (χ3n) is 3.55. The summed E-state index contributed by atoms with van der Waals surface area (Å²) in [6.07, 6.45) is 3.81. The highest BCUT2D eigenvalue weighted by Crippen LogP contribution is 2.23. The molecule has 0 aliphatic carbocycles. The first-order valence-electron chi connectivity index (χ1n) is 6.24. The Bertz CT molecular complexity index is 633. The van der Waals surface area contributed by atoms with Crippen LogP contribution in [0.15, 0.2) is 30.6 Å². The van der Waals surface area contributed by atoms with Crippen molar-refractivity contribution in [3.8, 4) is 0 Å². The van der Waals surface area contributed by atoms with Crippen LogP contribution in [0.25, 0.3) is 0 Å². The van der Waals surface area contributed by atoms with E-state index in [0.29, 0.717) is 5.56 Å². The minimum absolute atomic E-state index is 0.363. The minimum Gasteiger partial charge on any atom is -0.478 e. The summed E-state index contributed by atoms with van der Waals surface area (Å²) in [5, 5.41) is 9.04. The van der Waals surface area contributed by atoms with Gasteiger partial charge in [-0.3, -0.25) is 0 Å². The Morgan fingerprint density at radius 3 is 2.95 bits per heavy atom. The quantitative estimate of drug-likeness (QED) is 0.892. The lowest BCUT2D eigenvalue weighted by molar-refractivity contribution is 0.0696. The van der Waals surface area contributed by atoms with Gasteiger partial charge in [-0.15, -0.1) is 0 Å². The summed E-state index contributed by atoms with van der Waals surface area (Å²) in [7, 11) is 0. The fraction of sp³-hybridized carbons (Fsp3) is 0.286. The van der Waals surface area contributed by atoms with Crippen molar-refractivity contribution >= 4 is 11.7 Å². The number of anilines is 1. The highest BCUT2D eigenvalue weighted by molar-refractivity contribution is 5.89. The summed E-state index contributed by atoms with van der Waals surface area (Å²) >= 11 is 0. The molecule has 0 spiro atoms. The van der Waals surface area contributed by atoms with Gasteiger partial charge in [0.2, 0.25) is 0 Å². The Hall–Kier alpha value is -2.30. The Kier molecular flexibility index (Phi) is 2.74. The molecule has 1 aliphatic heterocycles. The van der Waals surface area contributed by atoms with E-state index in [4.69, 9.17) is 5.11 Å². The molecule has 19 heavy (non-hydrogen) atoms. The van der Waals surface area contributed by atoms with Gasteiger partial charge < -0.3 is 14.6 Å². The van der Waals surface area contributed by atoms with Crippen LogP contribution in [0.1, 0.15) is 21.7 Å². The third kappa shape index (κ3) is 2.07. The van der Waals surface area contributed by atoms with E-state index in [2.05, 4.69) is 14.5 Å². The van der Waals surface area contributed by atoms with Crippen LogP contribution in [-0.2, 0) is 13.1 Å². The number of aryl methyl sites for hydroxylation is 1. The molecule has 0 amide bonds. The van der Waals surface area contributed by atoms with Crippen LogP contribution in [0.2, 0.25) is 0 Å². The molecular weight excluding hydrogens is 242 g/mol. The first-order valence-corrected chi connectivity index (χ1v) is 6.24. The molecule has 2 aromatic rings. The second kappa shape index (κ2) is 4.42. The van der Waals surface area contributed by atoms with Gasteiger partial charge in [-0.2, -0.15) is 0 Å². The Balaban J connectivity index is 1.88. The molecule has 0 saturated carbocycles. The second-order valence-electron chi connectivity index (χ2n) is 4.76. The summed E-state index contributed by atoms with van der Waals surface area (Å²) in [6, 6.07) is 5.48. The van der Waals surface area contributed by atoms with E-state index in [1.165, 1.54) is 0 Å². The lowest BCUT2D eigenvalue weighted by atomic mass is 10.1. The van der Waals surface area contributed by atoms with Gasteiger partial charge >= 0.3 is 5.97 Å². The van der Waals surface area contributed by atoms with E-state index in [1.807, 2.05) is 31.5 Å². The summed E-state index contributed by atoms with van der Waals surface area (Å²) in [6.45, 7) is 4.42. The normalized spacial score (nSPS) is 14.3. The number of aromatic nitrogens is 2. The summed E-state index contributed by atoms with van der Waals surface area (Å²) in [4.78, 5) is 17.6. The molecular formula is C14H15N3O2. The fourth-order valence-corrected chi connectivity index (χ4v) is 2.48. The highest BCUT2D eigenvalue weighted by Gasteiger charge is 2.18. The molecule has 0 radical (unpaired) electrons. The molecule has 1 aliphatic rings. The van der Waals surface area contributed by atoms with Crippen LogP contribution in [0.3, 0.4) is 0 Å². The van der Waals surface area contributed by atoms with Crippen LogP contribution < -0.4 is 4.90 Å². The topological polar surface area (TPSA) is 58.4 Å². The number of carboxylic acids is 1. The lowest BCUT2D eigenvalue weighted by Crippen LogP contribution is -2.33. The molecule has 1 aromatic carbocycles. The number of rotatable bonds is 2. The molecule has 0 fully saturated rings. The van der Waals surface area contributed by atoms with Crippen molar-refractivity contribution in [2.24, 2.45) is 0 Å². The zero-order valence-corrected chi connectivity index (χ0v) is 10.7. The third-order valence-corrected chi connectivity index (χ3v) is 3.55. The standard InChI is InChI=1S/C14H15N3O2/c1-10-8-11(2-3-12(10)14(18)19)17-7-6-16-5-4-15-13(16)9-17/h2-5,8H,6-7,9H2,1H3,(H,18,19). The molecule has 2 heterocycles. The van der Waals surface area contributed by atoms with E-state index >= 15 is 0 Å². The number of aromatic carboxylic acids is 1. The maximum atomic E-state index is 11.0. The molecule has 0 unspecified atom stereocenters. The largest absolute Gasteiger partial charge is 0.478 e. The van der Waals surface area contributed by atoms with E-state index in [9.17, 15) is 4.79 Å². The van der Waals surface area contributed by atoms with Gasteiger partial charge in [0.25, 0.3) is 0 Å². The number of benzene rings is 1. The molecule has 5 heteroatoms. The molecule has 1 N–H and O–H groups in total. The molecule has 0 atom stereocenters. The van der Waals surface area contributed by atoms with Crippen molar-refractivity contribution in [2.45, 2.75) is 20.0 Å². The van der Waals surface area contributed by atoms with Gasteiger partial charge in [-0.05, 0) is 30.7 Å². The van der Waals surface area contributed by atoms with Crippen molar-refractivity contribution < 1.29 is 9.90 Å². The van der Waals surface area contributed by atoms with Crippen molar-refractivity contribution in [1.29, 1.82) is 0 Å². The van der Waals surface area contributed by atoms with Gasteiger partial charge in [-0.25, -0.2) is 9.78 Å². The van der Waals surface area contributed by atoms with Crippen LogP contribution >= 0.6 is 0 Å². The molecule has 98 valence electrons. The molecule has 0 bridgehead atoms. The highest BCUT2D eigenvalue weighted by atomic mass is 16.4. The monoisotopic (exact) mass is 257 g/mol. The molecule has 1 aromatic heterocycles. The lowest BCUT2D eigenvalue weighted by Gasteiger charge is -2.30. The van der Waals surface area contributed by atoms with Crippen LogP contribution in [0, 0.1) is 6.92 Å². The van der Waals surface area contributed by atoms with Gasteiger partial charge in [-0.1, -0.05) is 0 Å². The van der Waals surface area contributed by atoms with Gasteiger partial charge in [0.05, 0.1) is 12.1 Å². The van der Waals surface area contributed by atoms with Crippen molar-refractivity contribution in [1.82, 2.24) is 9.55 Å². The average Bonchev–Trinajstić information content (AvgIpc) is 2.85. The minimum atomic E-state index is -0.877. The first-order chi connectivity index (χ1) is 9.15. The summed E-state index contributed by atoms with van der Waals surface area (Å²) < 4.78 is 2.15. The van der Waals surface area contributed by atoms with Crippen LogP contribution in [0.5, 0.6) is 0 Å². The van der Waals surface area contributed by atoms with E-state index < -0.39 is 5.97 Å². The van der Waals surface area contributed by atoms with Crippen LogP contribution in [0.4, 0.5) is 5.69 Å². The molecule has 0 saturated heterocycles.